The summed E-state index contributed by atoms with van der Waals surface area (Å²) in [6, 6.07) is 6.22. The Hall–Kier alpha value is -2.43. The molecule has 1 aromatic carbocycles. The maximum absolute atomic E-state index is 13.3. The second-order valence-corrected chi connectivity index (χ2v) is 4.64. The molecular weight excluding hydrogens is 271 g/mol. The van der Waals surface area contributed by atoms with Gasteiger partial charge in [-0.2, -0.15) is 0 Å². The van der Waals surface area contributed by atoms with Crippen molar-refractivity contribution in [2.75, 3.05) is 19.0 Å². The van der Waals surface area contributed by atoms with E-state index in [0.29, 0.717) is 18.7 Å². The number of carbonyl (C=O) groups excluding carboxylic acids is 1. The van der Waals surface area contributed by atoms with E-state index in [1.54, 1.807) is 25.4 Å². The number of hydrogen-bond donors (Lipinski definition) is 1. The second kappa shape index (κ2) is 6.83. The summed E-state index contributed by atoms with van der Waals surface area (Å²) in [5.41, 5.74) is 2.40. The molecule has 0 radical (unpaired) electrons. The Balaban J connectivity index is 2.33. The summed E-state index contributed by atoms with van der Waals surface area (Å²) in [6.07, 6.45) is 3.78. The van der Waals surface area contributed by atoms with Gasteiger partial charge in [-0.3, -0.25) is 9.78 Å². The predicted octanol–water partition coefficient (Wildman–Crippen LogP) is 3.29. The Morgan fingerprint density at radius 1 is 1.33 bits per heavy atom. The van der Waals surface area contributed by atoms with Crippen LogP contribution in [0.3, 0.4) is 0 Å². The first-order valence-corrected chi connectivity index (χ1v) is 6.63. The highest BCUT2D eigenvalue weighted by atomic mass is 19.1. The number of ketones is 1. The monoisotopic (exact) mass is 288 g/mol. The van der Waals surface area contributed by atoms with Crippen molar-refractivity contribution >= 4 is 11.5 Å². The summed E-state index contributed by atoms with van der Waals surface area (Å²) in [4.78, 5) is 15.1. The molecule has 2 aromatic rings. The summed E-state index contributed by atoms with van der Waals surface area (Å²) >= 11 is 0. The standard InChI is InChI=1S/C16H17FN2O2/c1-11(20)5-8-19-15-10-18-7-6-13(15)14-4-3-12(17)9-16(14)21-2/h3-4,6-7,9-10,19H,5,8H2,1-2H3. The molecule has 0 unspecified atom stereocenters. The van der Waals surface area contributed by atoms with Gasteiger partial charge < -0.3 is 10.1 Å². The largest absolute Gasteiger partial charge is 0.496 e. The molecule has 1 aromatic heterocycles. The molecule has 0 saturated carbocycles. The van der Waals surface area contributed by atoms with Crippen molar-refractivity contribution in [1.29, 1.82) is 0 Å². The topological polar surface area (TPSA) is 51.2 Å². The molecule has 0 aliphatic heterocycles. The molecular formula is C16H17FN2O2. The van der Waals surface area contributed by atoms with Crippen LogP contribution in [0.4, 0.5) is 10.1 Å². The fraction of sp³-hybridized carbons (Fsp3) is 0.250. The van der Waals surface area contributed by atoms with Gasteiger partial charge >= 0.3 is 0 Å². The highest BCUT2D eigenvalue weighted by Gasteiger charge is 2.11. The first kappa shape index (κ1) is 15.0. The summed E-state index contributed by atoms with van der Waals surface area (Å²) in [5.74, 6) is 0.221. The highest BCUT2D eigenvalue weighted by molar-refractivity contribution is 5.81. The quantitative estimate of drug-likeness (QED) is 0.886. The van der Waals surface area contributed by atoms with Crippen LogP contribution in [0, 0.1) is 5.82 Å². The molecule has 0 atom stereocenters. The fourth-order valence-corrected chi connectivity index (χ4v) is 2.03. The lowest BCUT2D eigenvalue weighted by molar-refractivity contribution is -0.116. The van der Waals surface area contributed by atoms with Crippen LogP contribution in [-0.4, -0.2) is 24.4 Å². The van der Waals surface area contributed by atoms with Crippen molar-refractivity contribution in [1.82, 2.24) is 4.98 Å². The minimum atomic E-state index is -0.351. The molecule has 110 valence electrons. The van der Waals surface area contributed by atoms with E-state index in [0.717, 1.165) is 16.8 Å². The number of carbonyl (C=O) groups is 1. The Morgan fingerprint density at radius 3 is 2.86 bits per heavy atom. The van der Waals surface area contributed by atoms with Gasteiger partial charge in [0.25, 0.3) is 0 Å². The summed E-state index contributed by atoms with van der Waals surface area (Å²) in [5, 5.41) is 3.18. The molecule has 0 bridgehead atoms. The number of nitrogens with zero attached hydrogens (tertiary/aromatic N) is 1. The number of hydrogen-bond acceptors (Lipinski definition) is 4. The van der Waals surface area contributed by atoms with Gasteiger partial charge in [-0.05, 0) is 25.1 Å². The van der Waals surface area contributed by atoms with Gasteiger partial charge in [0.1, 0.15) is 17.3 Å². The van der Waals surface area contributed by atoms with Gasteiger partial charge in [0, 0.05) is 36.4 Å². The average Bonchev–Trinajstić information content (AvgIpc) is 2.47. The molecule has 0 spiro atoms. The van der Waals surface area contributed by atoms with Crippen molar-refractivity contribution < 1.29 is 13.9 Å². The van der Waals surface area contributed by atoms with Crippen molar-refractivity contribution in [2.45, 2.75) is 13.3 Å². The van der Waals surface area contributed by atoms with E-state index in [1.165, 1.54) is 19.2 Å². The summed E-state index contributed by atoms with van der Waals surface area (Å²) in [7, 11) is 1.50. The molecule has 21 heavy (non-hydrogen) atoms. The third kappa shape index (κ3) is 3.78. The molecule has 4 nitrogen and oxygen atoms in total. The molecule has 0 amide bonds. The number of anilines is 1. The molecule has 2 rings (SSSR count). The number of aromatic nitrogens is 1. The van der Waals surface area contributed by atoms with Gasteiger partial charge in [-0.1, -0.05) is 0 Å². The zero-order chi connectivity index (χ0) is 15.2. The molecule has 1 N–H and O–H groups in total. The minimum Gasteiger partial charge on any atom is -0.496 e. The summed E-state index contributed by atoms with van der Waals surface area (Å²) < 4.78 is 18.5. The van der Waals surface area contributed by atoms with Gasteiger partial charge in [0.2, 0.25) is 0 Å². The zero-order valence-electron chi connectivity index (χ0n) is 12.0. The van der Waals surface area contributed by atoms with Crippen LogP contribution < -0.4 is 10.1 Å². The second-order valence-electron chi connectivity index (χ2n) is 4.64. The van der Waals surface area contributed by atoms with E-state index >= 15 is 0 Å². The predicted molar refractivity (Wildman–Crippen MR) is 80.0 cm³/mol. The number of nitrogens with one attached hydrogen (secondary N) is 1. The fourth-order valence-electron chi connectivity index (χ4n) is 2.03. The number of ether oxygens (including phenoxy) is 1. The van der Waals surface area contributed by atoms with Crippen molar-refractivity contribution in [2.24, 2.45) is 0 Å². The van der Waals surface area contributed by atoms with Crippen molar-refractivity contribution in [3.05, 3.63) is 42.5 Å². The Kier molecular flexibility index (Phi) is 4.87. The number of benzene rings is 1. The maximum atomic E-state index is 13.3. The molecule has 1 heterocycles. The third-order valence-electron chi connectivity index (χ3n) is 3.07. The van der Waals surface area contributed by atoms with Crippen molar-refractivity contribution in [3.63, 3.8) is 0 Å². The lowest BCUT2D eigenvalue weighted by Gasteiger charge is -2.14. The number of rotatable bonds is 6. The minimum absolute atomic E-state index is 0.118. The first-order valence-electron chi connectivity index (χ1n) is 6.63. The number of pyridine rings is 1. The normalized spacial score (nSPS) is 10.2. The molecule has 0 saturated heterocycles. The van der Waals surface area contributed by atoms with Crippen LogP contribution in [0.5, 0.6) is 5.75 Å². The van der Waals surface area contributed by atoms with Gasteiger partial charge in [-0.15, -0.1) is 0 Å². The molecule has 0 aliphatic carbocycles. The van der Waals surface area contributed by atoms with Crippen LogP contribution in [0.1, 0.15) is 13.3 Å². The van der Waals surface area contributed by atoms with Gasteiger partial charge in [0.15, 0.2) is 0 Å². The molecule has 5 heteroatoms. The van der Waals surface area contributed by atoms with Crippen LogP contribution in [0.25, 0.3) is 11.1 Å². The van der Waals surface area contributed by atoms with Crippen LogP contribution in [0.15, 0.2) is 36.7 Å². The zero-order valence-corrected chi connectivity index (χ0v) is 12.0. The van der Waals surface area contributed by atoms with Crippen LogP contribution in [-0.2, 0) is 4.79 Å². The average molecular weight is 288 g/mol. The van der Waals surface area contributed by atoms with E-state index in [4.69, 9.17) is 4.74 Å². The van der Waals surface area contributed by atoms with Crippen LogP contribution >= 0.6 is 0 Å². The van der Waals surface area contributed by atoms with E-state index < -0.39 is 0 Å². The molecule has 0 aliphatic rings. The summed E-state index contributed by atoms with van der Waals surface area (Å²) in [6.45, 7) is 2.08. The number of Topliss-reactive ketones (excluding diaryl/α,β-unsaturated/α-hetero) is 1. The Bertz CT molecular complexity index is 644. The number of methoxy groups -OCH3 is 1. The third-order valence-corrected chi connectivity index (χ3v) is 3.07. The Labute approximate surface area is 123 Å². The number of halogens is 1. The van der Waals surface area contributed by atoms with E-state index in [2.05, 4.69) is 10.3 Å². The smallest absolute Gasteiger partial charge is 0.131 e. The lowest BCUT2D eigenvalue weighted by atomic mass is 10.0. The van der Waals surface area contributed by atoms with Crippen molar-refractivity contribution in [3.8, 4) is 16.9 Å². The SMILES string of the molecule is COc1cc(F)ccc1-c1ccncc1NCCC(C)=O. The van der Waals surface area contributed by atoms with Crippen LogP contribution in [0.2, 0.25) is 0 Å². The van der Waals surface area contributed by atoms with E-state index in [9.17, 15) is 9.18 Å². The molecule has 0 fully saturated rings. The van der Waals surface area contributed by atoms with Gasteiger partial charge in [-0.25, -0.2) is 4.39 Å². The van der Waals surface area contributed by atoms with Gasteiger partial charge in [0.05, 0.1) is 19.0 Å². The first-order chi connectivity index (χ1) is 10.1. The highest BCUT2D eigenvalue weighted by Crippen LogP contribution is 2.34. The lowest BCUT2D eigenvalue weighted by Crippen LogP contribution is -2.07. The Morgan fingerprint density at radius 2 is 2.14 bits per heavy atom. The van der Waals surface area contributed by atoms with E-state index in [-0.39, 0.29) is 11.6 Å². The van der Waals surface area contributed by atoms with E-state index in [1.807, 2.05) is 6.07 Å². The maximum Gasteiger partial charge on any atom is 0.131 e.